The summed E-state index contributed by atoms with van der Waals surface area (Å²) in [6.45, 7) is 1.66. The summed E-state index contributed by atoms with van der Waals surface area (Å²) >= 11 is 0. The van der Waals surface area contributed by atoms with Gasteiger partial charge < -0.3 is 10.4 Å². The summed E-state index contributed by atoms with van der Waals surface area (Å²) in [4.78, 5) is 32.3. The van der Waals surface area contributed by atoms with Crippen LogP contribution in [-0.4, -0.2) is 27.9 Å². The molecule has 0 saturated carbocycles. The van der Waals surface area contributed by atoms with Crippen LogP contribution in [-0.2, 0) is 16.0 Å². The third kappa shape index (κ3) is 4.38. The lowest BCUT2D eigenvalue weighted by Gasteiger charge is -2.11. The van der Waals surface area contributed by atoms with Gasteiger partial charge in [-0.2, -0.15) is 0 Å². The maximum atomic E-state index is 11.6. The van der Waals surface area contributed by atoms with Gasteiger partial charge in [0.05, 0.1) is 11.3 Å². The number of carbonyl (C=O) groups is 2. The molecule has 102 valence electrons. The Kier molecular flexibility index (Phi) is 4.99. The first kappa shape index (κ1) is 14.6. The fraction of sp³-hybridized carbons (Fsp3) is 0.333. The number of carbonyl (C=O) groups excluding carboxylic acids is 1. The van der Waals surface area contributed by atoms with Crippen LogP contribution in [0.5, 0.6) is 0 Å². The zero-order valence-corrected chi connectivity index (χ0v) is 10.3. The Morgan fingerprint density at radius 2 is 1.95 bits per heavy atom. The van der Waals surface area contributed by atoms with E-state index < -0.39 is 22.8 Å². The van der Waals surface area contributed by atoms with Crippen molar-refractivity contribution in [2.75, 3.05) is 0 Å². The summed E-state index contributed by atoms with van der Waals surface area (Å²) in [5, 5.41) is 21.6. The smallest absolute Gasteiger partial charge is 0.326 e. The Morgan fingerprint density at radius 1 is 1.37 bits per heavy atom. The van der Waals surface area contributed by atoms with Gasteiger partial charge in [-0.15, -0.1) is 0 Å². The van der Waals surface area contributed by atoms with E-state index in [9.17, 15) is 19.7 Å². The fourth-order valence-electron chi connectivity index (χ4n) is 1.50. The number of carboxylic acids is 1. The van der Waals surface area contributed by atoms with Gasteiger partial charge in [0.1, 0.15) is 6.04 Å². The first-order valence-electron chi connectivity index (χ1n) is 5.69. The third-order valence-electron chi connectivity index (χ3n) is 2.55. The third-order valence-corrected chi connectivity index (χ3v) is 2.55. The molecule has 0 bridgehead atoms. The number of nitro groups is 1. The molecule has 0 aliphatic heterocycles. The van der Waals surface area contributed by atoms with Gasteiger partial charge in [-0.3, -0.25) is 14.9 Å². The Hall–Kier alpha value is -2.44. The molecule has 0 fully saturated rings. The second kappa shape index (κ2) is 6.48. The summed E-state index contributed by atoms with van der Waals surface area (Å²) in [5.41, 5.74) is 0.532. The van der Waals surface area contributed by atoms with E-state index >= 15 is 0 Å². The summed E-state index contributed by atoms with van der Waals surface area (Å²) in [6.07, 6.45) is 0.281. The van der Waals surface area contributed by atoms with Crippen molar-refractivity contribution in [2.45, 2.75) is 25.8 Å². The number of benzene rings is 1. The highest BCUT2D eigenvalue weighted by molar-refractivity contribution is 5.84. The van der Waals surface area contributed by atoms with Crippen LogP contribution in [0.1, 0.15) is 18.9 Å². The average molecular weight is 266 g/mol. The van der Waals surface area contributed by atoms with E-state index in [0.717, 1.165) is 0 Å². The first-order chi connectivity index (χ1) is 8.93. The predicted octanol–water partition coefficient (Wildman–Crippen LogP) is 1.12. The largest absolute Gasteiger partial charge is 0.480 e. The molecule has 1 aromatic carbocycles. The molecule has 1 aromatic rings. The van der Waals surface area contributed by atoms with E-state index in [4.69, 9.17) is 5.11 Å². The molecule has 0 aliphatic carbocycles. The van der Waals surface area contributed by atoms with Crippen molar-refractivity contribution >= 4 is 17.6 Å². The molecule has 7 nitrogen and oxygen atoms in total. The van der Waals surface area contributed by atoms with Crippen molar-refractivity contribution in [1.82, 2.24) is 5.32 Å². The summed E-state index contributed by atoms with van der Waals surface area (Å²) in [6, 6.07) is 4.64. The molecule has 0 saturated heterocycles. The van der Waals surface area contributed by atoms with Gasteiger partial charge in [-0.25, -0.2) is 4.79 Å². The molecule has 1 atom stereocenters. The Labute approximate surface area is 109 Å². The lowest BCUT2D eigenvalue weighted by molar-refractivity contribution is -0.384. The average Bonchev–Trinajstić information content (AvgIpc) is 2.36. The Balaban J connectivity index is 2.61. The molecule has 0 heterocycles. The normalized spacial score (nSPS) is 11.6. The molecular formula is C12H14N2O5. The fourth-order valence-corrected chi connectivity index (χ4v) is 1.50. The van der Waals surface area contributed by atoms with Crippen molar-refractivity contribution in [3.05, 3.63) is 39.9 Å². The van der Waals surface area contributed by atoms with Gasteiger partial charge in [0.25, 0.3) is 5.69 Å². The number of hydrogen-bond donors (Lipinski definition) is 2. The van der Waals surface area contributed by atoms with Crippen molar-refractivity contribution in [3.63, 3.8) is 0 Å². The topological polar surface area (TPSA) is 110 Å². The SMILES string of the molecule is CC[C@@H](NC(=O)Cc1ccc([N+](=O)[O-])cc1)C(=O)O. The quantitative estimate of drug-likeness (QED) is 0.592. The van der Waals surface area contributed by atoms with Crippen LogP contribution in [0.2, 0.25) is 0 Å². The van der Waals surface area contributed by atoms with Crippen molar-refractivity contribution in [3.8, 4) is 0 Å². The van der Waals surface area contributed by atoms with Gasteiger partial charge in [0, 0.05) is 12.1 Å². The molecule has 0 unspecified atom stereocenters. The minimum absolute atomic E-state index is 0.0121. The van der Waals surface area contributed by atoms with Crippen LogP contribution in [0.25, 0.3) is 0 Å². The van der Waals surface area contributed by atoms with Crippen molar-refractivity contribution in [2.24, 2.45) is 0 Å². The van der Waals surface area contributed by atoms with Crippen LogP contribution < -0.4 is 5.32 Å². The van der Waals surface area contributed by atoms with Crippen LogP contribution in [0.4, 0.5) is 5.69 Å². The van der Waals surface area contributed by atoms with Gasteiger partial charge in [0.2, 0.25) is 5.91 Å². The Bertz CT molecular complexity index is 483. The summed E-state index contributed by atoms with van der Waals surface area (Å²) < 4.78 is 0. The van der Waals surface area contributed by atoms with E-state index in [0.29, 0.717) is 12.0 Å². The van der Waals surface area contributed by atoms with E-state index in [1.54, 1.807) is 6.92 Å². The molecule has 1 amide bonds. The number of hydrogen-bond acceptors (Lipinski definition) is 4. The lowest BCUT2D eigenvalue weighted by Crippen LogP contribution is -2.40. The minimum Gasteiger partial charge on any atom is -0.480 e. The Morgan fingerprint density at radius 3 is 2.37 bits per heavy atom. The standard InChI is InChI=1S/C12H14N2O5/c1-2-10(12(16)17)13-11(15)7-8-3-5-9(6-4-8)14(18)19/h3-6,10H,2,7H2,1H3,(H,13,15)(H,16,17)/t10-/m1/s1. The zero-order valence-electron chi connectivity index (χ0n) is 10.3. The summed E-state index contributed by atoms with van der Waals surface area (Å²) in [7, 11) is 0. The maximum absolute atomic E-state index is 11.6. The molecule has 19 heavy (non-hydrogen) atoms. The molecule has 0 radical (unpaired) electrons. The van der Waals surface area contributed by atoms with E-state index in [1.807, 2.05) is 0 Å². The molecular weight excluding hydrogens is 252 g/mol. The number of amides is 1. The number of nitrogens with zero attached hydrogens (tertiary/aromatic N) is 1. The second-order valence-corrected chi connectivity index (χ2v) is 3.97. The number of carboxylic acid groups (broad SMARTS) is 1. The van der Waals surface area contributed by atoms with Crippen molar-refractivity contribution in [1.29, 1.82) is 0 Å². The van der Waals surface area contributed by atoms with E-state index in [2.05, 4.69) is 5.32 Å². The molecule has 2 N–H and O–H groups in total. The zero-order chi connectivity index (χ0) is 14.4. The molecule has 0 aromatic heterocycles. The van der Waals surface area contributed by atoms with Crippen LogP contribution in [0.15, 0.2) is 24.3 Å². The predicted molar refractivity (Wildman–Crippen MR) is 66.7 cm³/mol. The van der Waals surface area contributed by atoms with E-state index in [1.165, 1.54) is 24.3 Å². The molecule has 1 rings (SSSR count). The van der Waals surface area contributed by atoms with Crippen LogP contribution in [0.3, 0.4) is 0 Å². The minimum atomic E-state index is -1.08. The maximum Gasteiger partial charge on any atom is 0.326 e. The number of rotatable bonds is 6. The molecule has 0 spiro atoms. The van der Waals surface area contributed by atoms with Gasteiger partial charge >= 0.3 is 5.97 Å². The number of nitrogens with one attached hydrogen (secondary N) is 1. The van der Waals surface area contributed by atoms with Gasteiger partial charge in [-0.05, 0) is 12.0 Å². The van der Waals surface area contributed by atoms with E-state index in [-0.39, 0.29) is 12.1 Å². The van der Waals surface area contributed by atoms with Crippen LogP contribution >= 0.6 is 0 Å². The monoisotopic (exact) mass is 266 g/mol. The highest BCUT2D eigenvalue weighted by Crippen LogP contribution is 2.12. The number of aliphatic carboxylic acids is 1. The van der Waals surface area contributed by atoms with Gasteiger partial charge in [0.15, 0.2) is 0 Å². The molecule has 7 heteroatoms. The number of nitro benzene ring substituents is 1. The van der Waals surface area contributed by atoms with Crippen LogP contribution in [0, 0.1) is 10.1 Å². The highest BCUT2D eigenvalue weighted by atomic mass is 16.6. The highest BCUT2D eigenvalue weighted by Gasteiger charge is 2.17. The number of non-ortho nitro benzene ring substituents is 1. The molecule has 0 aliphatic rings. The summed E-state index contributed by atoms with van der Waals surface area (Å²) in [5.74, 6) is -1.51. The first-order valence-corrected chi connectivity index (χ1v) is 5.69. The lowest BCUT2D eigenvalue weighted by atomic mass is 10.1. The second-order valence-electron chi connectivity index (χ2n) is 3.97. The van der Waals surface area contributed by atoms with Gasteiger partial charge in [-0.1, -0.05) is 19.1 Å². The van der Waals surface area contributed by atoms with Crippen molar-refractivity contribution < 1.29 is 19.6 Å².